The highest BCUT2D eigenvalue weighted by molar-refractivity contribution is 5.99. The van der Waals surface area contributed by atoms with Crippen LogP contribution in [0.1, 0.15) is 18.4 Å². The molecule has 0 spiro atoms. The van der Waals surface area contributed by atoms with Gasteiger partial charge in [-0.1, -0.05) is 42.5 Å². The standard InChI is InChI=1S/C21H24N4O3/c26-19-13-25(18-9-5-4-8-16(18)23-19)21(28)24-17(20(27)22-15-10-11-15)12-14-6-2-1-3-7-14/h1-9,15,17,19,23,26H,10-13H2,(H,22,27)(H,24,28)/t17-,19?/m1/s1. The molecule has 0 saturated heterocycles. The summed E-state index contributed by atoms with van der Waals surface area (Å²) in [7, 11) is 0. The van der Waals surface area contributed by atoms with E-state index in [1.54, 1.807) is 6.07 Å². The van der Waals surface area contributed by atoms with Crippen LogP contribution in [0.25, 0.3) is 0 Å². The van der Waals surface area contributed by atoms with Gasteiger partial charge in [0.15, 0.2) is 0 Å². The predicted molar refractivity (Wildman–Crippen MR) is 107 cm³/mol. The Morgan fingerprint density at radius 1 is 1.11 bits per heavy atom. The molecule has 0 aromatic heterocycles. The predicted octanol–water partition coefficient (Wildman–Crippen LogP) is 1.84. The monoisotopic (exact) mass is 380 g/mol. The van der Waals surface area contributed by atoms with Crippen LogP contribution >= 0.6 is 0 Å². The lowest BCUT2D eigenvalue weighted by molar-refractivity contribution is -0.123. The maximum Gasteiger partial charge on any atom is 0.322 e. The zero-order valence-corrected chi connectivity index (χ0v) is 15.5. The van der Waals surface area contributed by atoms with Crippen LogP contribution in [0.3, 0.4) is 0 Å². The maximum absolute atomic E-state index is 13.0. The van der Waals surface area contributed by atoms with Crippen LogP contribution in [0.5, 0.6) is 0 Å². The number of hydrogen-bond acceptors (Lipinski definition) is 4. The van der Waals surface area contributed by atoms with Gasteiger partial charge in [0.25, 0.3) is 0 Å². The molecule has 4 rings (SSSR count). The van der Waals surface area contributed by atoms with Gasteiger partial charge in [-0.15, -0.1) is 0 Å². The van der Waals surface area contributed by atoms with Crippen LogP contribution in [0.15, 0.2) is 54.6 Å². The molecule has 1 heterocycles. The number of nitrogens with one attached hydrogen (secondary N) is 3. The van der Waals surface area contributed by atoms with Gasteiger partial charge in [-0.2, -0.15) is 0 Å². The highest BCUT2D eigenvalue weighted by atomic mass is 16.3. The number of fused-ring (bicyclic) bond motifs is 1. The fraction of sp³-hybridized carbons (Fsp3) is 0.333. The number of benzene rings is 2. The average molecular weight is 380 g/mol. The number of rotatable bonds is 5. The van der Waals surface area contributed by atoms with Crippen LogP contribution in [0, 0.1) is 0 Å². The van der Waals surface area contributed by atoms with E-state index >= 15 is 0 Å². The Labute approximate surface area is 163 Å². The SMILES string of the molecule is O=C(NC1CC1)[C@@H](Cc1ccccc1)NC(=O)N1CC(O)Nc2ccccc21. The summed E-state index contributed by atoms with van der Waals surface area (Å²) in [6.45, 7) is 0.102. The van der Waals surface area contributed by atoms with E-state index in [2.05, 4.69) is 16.0 Å². The Morgan fingerprint density at radius 3 is 2.57 bits per heavy atom. The Balaban J connectivity index is 1.52. The minimum Gasteiger partial charge on any atom is -0.372 e. The number of β-amino-alcohol motifs (C(OH)–C–C–N with tert-alkyl or cyclic N) is 1. The van der Waals surface area contributed by atoms with Crippen molar-refractivity contribution in [1.82, 2.24) is 10.6 Å². The molecule has 2 aromatic rings. The molecule has 2 aliphatic rings. The van der Waals surface area contributed by atoms with Gasteiger partial charge >= 0.3 is 6.03 Å². The van der Waals surface area contributed by atoms with Gasteiger partial charge in [0.1, 0.15) is 12.3 Å². The molecule has 1 fully saturated rings. The van der Waals surface area contributed by atoms with Gasteiger partial charge in [-0.05, 0) is 30.5 Å². The summed E-state index contributed by atoms with van der Waals surface area (Å²) in [5, 5.41) is 18.9. The van der Waals surface area contributed by atoms with Crippen molar-refractivity contribution in [3.63, 3.8) is 0 Å². The van der Waals surface area contributed by atoms with Crippen molar-refractivity contribution in [3.05, 3.63) is 60.2 Å². The van der Waals surface area contributed by atoms with Crippen LogP contribution in [0.2, 0.25) is 0 Å². The van der Waals surface area contributed by atoms with Gasteiger partial charge in [0.05, 0.1) is 17.9 Å². The summed E-state index contributed by atoms with van der Waals surface area (Å²) >= 11 is 0. The lowest BCUT2D eigenvalue weighted by Gasteiger charge is -2.34. The van der Waals surface area contributed by atoms with E-state index in [0.717, 1.165) is 18.4 Å². The number of aliphatic hydroxyl groups excluding tert-OH is 1. The summed E-state index contributed by atoms with van der Waals surface area (Å²) in [5.74, 6) is -0.177. The van der Waals surface area contributed by atoms with Gasteiger partial charge in [0, 0.05) is 12.5 Å². The van der Waals surface area contributed by atoms with E-state index in [1.807, 2.05) is 48.5 Å². The molecule has 7 nitrogen and oxygen atoms in total. The molecule has 3 amide bonds. The van der Waals surface area contributed by atoms with Crippen LogP contribution in [0.4, 0.5) is 16.2 Å². The third-order valence-corrected chi connectivity index (χ3v) is 4.94. The molecular weight excluding hydrogens is 356 g/mol. The first-order chi connectivity index (χ1) is 13.6. The van der Waals surface area contributed by atoms with Crippen LogP contribution in [-0.4, -0.2) is 41.9 Å². The molecule has 2 atom stereocenters. The molecule has 1 aliphatic heterocycles. The summed E-state index contributed by atoms with van der Waals surface area (Å²) in [6.07, 6.45) is 1.50. The number of para-hydroxylation sites is 2. The Kier molecular flexibility index (Phi) is 5.16. The summed E-state index contributed by atoms with van der Waals surface area (Å²) < 4.78 is 0. The largest absolute Gasteiger partial charge is 0.372 e. The molecule has 4 N–H and O–H groups in total. The molecule has 1 aliphatic carbocycles. The third-order valence-electron chi connectivity index (χ3n) is 4.94. The van der Waals surface area contributed by atoms with Gasteiger partial charge in [-0.25, -0.2) is 4.79 Å². The minimum absolute atomic E-state index is 0.102. The Hall–Kier alpha value is -3.06. The number of urea groups is 1. The van der Waals surface area contributed by atoms with Crippen molar-refractivity contribution in [2.45, 2.75) is 37.6 Å². The first kappa shape index (κ1) is 18.3. The van der Waals surface area contributed by atoms with Gasteiger partial charge < -0.3 is 21.1 Å². The number of carbonyl (C=O) groups excluding carboxylic acids is 2. The molecule has 146 valence electrons. The Bertz CT molecular complexity index is 854. The van der Waals surface area contributed by atoms with E-state index in [4.69, 9.17) is 0 Å². The minimum atomic E-state index is -0.867. The molecule has 0 radical (unpaired) electrons. The van der Waals surface area contributed by atoms with E-state index < -0.39 is 18.3 Å². The average Bonchev–Trinajstić information content (AvgIpc) is 3.51. The number of anilines is 2. The van der Waals surface area contributed by atoms with Gasteiger partial charge in [0.2, 0.25) is 5.91 Å². The van der Waals surface area contributed by atoms with Crippen LogP contribution in [-0.2, 0) is 11.2 Å². The molecule has 1 unspecified atom stereocenters. The molecule has 7 heteroatoms. The number of nitrogens with zero attached hydrogens (tertiary/aromatic N) is 1. The number of aliphatic hydroxyl groups is 1. The van der Waals surface area contributed by atoms with Crippen molar-refractivity contribution >= 4 is 23.3 Å². The first-order valence-electron chi connectivity index (χ1n) is 9.56. The van der Waals surface area contributed by atoms with Crippen molar-refractivity contribution in [2.24, 2.45) is 0 Å². The summed E-state index contributed by atoms with van der Waals surface area (Å²) in [6, 6.07) is 16.0. The lowest BCUT2D eigenvalue weighted by atomic mass is 10.1. The van der Waals surface area contributed by atoms with E-state index in [1.165, 1.54) is 4.90 Å². The normalized spacial score (nSPS) is 19.2. The summed E-state index contributed by atoms with van der Waals surface area (Å²) in [5.41, 5.74) is 2.32. The summed E-state index contributed by atoms with van der Waals surface area (Å²) in [4.78, 5) is 27.2. The van der Waals surface area contributed by atoms with E-state index in [9.17, 15) is 14.7 Å². The van der Waals surface area contributed by atoms with Gasteiger partial charge in [-0.3, -0.25) is 9.69 Å². The second-order valence-electron chi connectivity index (χ2n) is 7.26. The third kappa shape index (κ3) is 4.26. The number of amides is 3. The first-order valence-corrected chi connectivity index (χ1v) is 9.56. The topological polar surface area (TPSA) is 93.7 Å². The van der Waals surface area contributed by atoms with Crippen molar-refractivity contribution in [2.75, 3.05) is 16.8 Å². The zero-order valence-electron chi connectivity index (χ0n) is 15.5. The molecule has 2 aromatic carbocycles. The Morgan fingerprint density at radius 2 is 1.82 bits per heavy atom. The molecule has 1 saturated carbocycles. The molecule has 0 bridgehead atoms. The lowest BCUT2D eigenvalue weighted by Crippen LogP contribution is -2.55. The smallest absolute Gasteiger partial charge is 0.322 e. The quantitative estimate of drug-likeness (QED) is 0.637. The maximum atomic E-state index is 13.0. The molecule has 28 heavy (non-hydrogen) atoms. The fourth-order valence-corrected chi connectivity index (χ4v) is 3.34. The van der Waals surface area contributed by atoms with Crippen molar-refractivity contribution < 1.29 is 14.7 Å². The van der Waals surface area contributed by atoms with E-state index in [-0.39, 0.29) is 18.5 Å². The highest BCUT2D eigenvalue weighted by Crippen LogP contribution is 2.30. The molecular formula is C21H24N4O3. The van der Waals surface area contributed by atoms with Crippen LogP contribution < -0.4 is 20.9 Å². The second-order valence-corrected chi connectivity index (χ2v) is 7.26. The van der Waals surface area contributed by atoms with Crippen molar-refractivity contribution in [1.29, 1.82) is 0 Å². The van der Waals surface area contributed by atoms with Crippen molar-refractivity contribution in [3.8, 4) is 0 Å². The second kappa shape index (κ2) is 7.90. The number of hydrogen-bond donors (Lipinski definition) is 4. The zero-order chi connectivity index (χ0) is 19.5. The van der Waals surface area contributed by atoms with E-state index in [0.29, 0.717) is 17.8 Å². The fourth-order valence-electron chi connectivity index (χ4n) is 3.34. The number of carbonyl (C=O) groups is 2. The highest BCUT2D eigenvalue weighted by Gasteiger charge is 2.32.